The summed E-state index contributed by atoms with van der Waals surface area (Å²) in [5, 5.41) is 0. The maximum Gasteiger partial charge on any atom is 0.323 e. The highest BCUT2D eigenvalue weighted by Gasteiger charge is 2.43. The summed E-state index contributed by atoms with van der Waals surface area (Å²) < 4.78 is 10.2. The monoisotopic (exact) mass is 334 g/mol. The van der Waals surface area contributed by atoms with Crippen LogP contribution in [0.5, 0.6) is 0 Å². The van der Waals surface area contributed by atoms with Crippen LogP contribution in [-0.4, -0.2) is 25.2 Å². The van der Waals surface area contributed by atoms with Crippen molar-refractivity contribution in [2.75, 3.05) is 13.2 Å². The smallest absolute Gasteiger partial charge is 0.323 e. The predicted molar refractivity (Wildman–Crippen MR) is 95.0 cm³/mol. The second-order valence-corrected chi connectivity index (χ2v) is 6.61. The molecule has 1 aromatic carbocycles. The Bertz CT molecular complexity index is 557. The molecule has 134 valence electrons. The number of hydrogen-bond acceptors (Lipinski definition) is 4. The van der Waals surface area contributed by atoms with Crippen LogP contribution < -0.4 is 0 Å². The molecule has 0 aliphatic rings. The van der Waals surface area contributed by atoms with Crippen LogP contribution in [0.4, 0.5) is 0 Å². The van der Waals surface area contributed by atoms with Gasteiger partial charge in [-0.2, -0.15) is 0 Å². The zero-order chi connectivity index (χ0) is 18.3. The lowest BCUT2D eigenvalue weighted by molar-refractivity contribution is -0.171. The molecule has 0 atom stereocenters. The summed E-state index contributed by atoms with van der Waals surface area (Å²) in [6, 6.07) is 6.38. The number of carbonyl (C=O) groups excluding carboxylic acids is 2. The molecule has 1 aromatic rings. The molecule has 4 heteroatoms. The standard InChI is InChI=1S/C20H30O4/c1-7-23-18(21)20(6,19(22)24-8-2)12-11-17-13-16(14(3)4)10-9-15(17)5/h9-10,13-14H,7-8,11-12H2,1-6H3. The minimum Gasteiger partial charge on any atom is -0.465 e. The molecule has 0 N–H and O–H groups in total. The van der Waals surface area contributed by atoms with Crippen molar-refractivity contribution in [1.29, 1.82) is 0 Å². The number of rotatable bonds is 8. The molecule has 1 rings (SSSR count). The Kier molecular flexibility index (Phi) is 7.46. The summed E-state index contributed by atoms with van der Waals surface area (Å²) in [6.07, 6.45) is 0.994. The zero-order valence-electron chi connectivity index (χ0n) is 15.8. The second kappa shape index (κ2) is 8.86. The van der Waals surface area contributed by atoms with Crippen LogP contribution in [0.25, 0.3) is 0 Å². The van der Waals surface area contributed by atoms with Gasteiger partial charge in [-0.05, 0) is 63.1 Å². The molecule has 0 aliphatic heterocycles. The van der Waals surface area contributed by atoms with E-state index in [-0.39, 0.29) is 13.2 Å². The lowest BCUT2D eigenvalue weighted by Gasteiger charge is -2.25. The van der Waals surface area contributed by atoms with E-state index in [4.69, 9.17) is 9.47 Å². The van der Waals surface area contributed by atoms with Crippen molar-refractivity contribution in [2.24, 2.45) is 5.41 Å². The van der Waals surface area contributed by atoms with Gasteiger partial charge in [-0.15, -0.1) is 0 Å². The molecule has 0 bridgehead atoms. The number of aryl methyl sites for hydroxylation is 2. The van der Waals surface area contributed by atoms with Gasteiger partial charge in [-0.25, -0.2) is 0 Å². The lowest BCUT2D eigenvalue weighted by Crippen LogP contribution is -2.40. The summed E-state index contributed by atoms with van der Waals surface area (Å²) in [6.45, 7) is 11.9. The van der Waals surface area contributed by atoms with E-state index in [1.165, 1.54) is 5.56 Å². The summed E-state index contributed by atoms with van der Waals surface area (Å²) >= 11 is 0. The Hall–Kier alpha value is -1.84. The molecule has 0 saturated carbocycles. The fourth-order valence-electron chi connectivity index (χ4n) is 2.57. The molecular formula is C20H30O4. The molecular weight excluding hydrogens is 304 g/mol. The van der Waals surface area contributed by atoms with Crippen molar-refractivity contribution < 1.29 is 19.1 Å². The number of hydrogen-bond donors (Lipinski definition) is 0. The molecule has 0 spiro atoms. The third-order valence-electron chi connectivity index (χ3n) is 4.39. The van der Waals surface area contributed by atoms with Gasteiger partial charge in [0.1, 0.15) is 0 Å². The van der Waals surface area contributed by atoms with E-state index in [9.17, 15) is 9.59 Å². The number of ether oxygens (including phenoxy) is 2. The third-order valence-corrected chi connectivity index (χ3v) is 4.39. The van der Waals surface area contributed by atoms with Crippen LogP contribution in [-0.2, 0) is 25.5 Å². The highest BCUT2D eigenvalue weighted by molar-refractivity contribution is 5.99. The molecule has 0 radical (unpaired) electrons. The maximum atomic E-state index is 12.3. The van der Waals surface area contributed by atoms with Gasteiger partial charge in [-0.3, -0.25) is 9.59 Å². The fraction of sp³-hybridized carbons (Fsp3) is 0.600. The highest BCUT2D eigenvalue weighted by Crippen LogP contribution is 2.29. The average Bonchev–Trinajstić information content (AvgIpc) is 2.53. The largest absolute Gasteiger partial charge is 0.465 e. The predicted octanol–water partition coefficient (Wildman–Crippen LogP) is 4.18. The fourth-order valence-corrected chi connectivity index (χ4v) is 2.57. The molecule has 4 nitrogen and oxygen atoms in total. The summed E-state index contributed by atoms with van der Waals surface area (Å²) in [4.78, 5) is 24.7. The minimum absolute atomic E-state index is 0.246. The zero-order valence-corrected chi connectivity index (χ0v) is 15.8. The van der Waals surface area contributed by atoms with Crippen molar-refractivity contribution in [3.05, 3.63) is 34.9 Å². The van der Waals surface area contributed by atoms with E-state index in [0.717, 1.165) is 11.1 Å². The number of benzene rings is 1. The van der Waals surface area contributed by atoms with E-state index in [1.807, 2.05) is 6.92 Å². The summed E-state index contributed by atoms with van der Waals surface area (Å²) in [5.74, 6) is -0.590. The second-order valence-electron chi connectivity index (χ2n) is 6.61. The van der Waals surface area contributed by atoms with Gasteiger partial charge < -0.3 is 9.47 Å². The molecule has 0 amide bonds. The van der Waals surface area contributed by atoms with Gasteiger partial charge in [0, 0.05) is 0 Å². The molecule has 0 aliphatic carbocycles. The molecule has 0 aromatic heterocycles. The first-order valence-corrected chi connectivity index (χ1v) is 8.70. The first-order valence-electron chi connectivity index (χ1n) is 8.70. The van der Waals surface area contributed by atoms with Gasteiger partial charge in [0.05, 0.1) is 13.2 Å². The van der Waals surface area contributed by atoms with Crippen LogP contribution in [0, 0.1) is 12.3 Å². The van der Waals surface area contributed by atoms with Crippen LogP contribution in [0.1, 0.15) is 63.6 Å². The SMILES string of the molecule is CCOC(=O)C(C)(CCc1cc(C(C)C)ccc1C)C(=O)OCC. The molecule has 0 heterocycles. The van der Waals surface area contributed by atoms with Crippen LogP contribution in [0.15, 0.2) is 18.2 Å². The normalized spacial score (nSPS) is 11.5. The minimum atomic E-state index is -1.27. The van der Waals surface area contributed by atoms with Gasteiger partial charge in [0.2, 0.25) is 0 Å². The van der Waals surface area contributed by atoms with Crippen LogP contribution >= 0.6 is 0 Å². The van der Waals surface area contributed by atoms with Crippen molar-refractivity contribution in [2.45, 2.75) is 60.3 Å². The summed E-state index contributed by atoms with van der Waals surface area (Å²) in [7, 11) is 0. The van der Waals surface area contributed by atoms with Gasteiger partial charge >= 0.3 is 11.9 Å². The Balaban J connectivity index is 3.02. The van der Waals surface area contributed by atoms with Gasteiger partial charge in [0.25, 0.3) is 0 Å². The topological polar surface area (TPSA) is 52.6 Å². The first-order chi connectivity index (χ1) is 11.3. The van der Waals surface area contributed by atoms with Crippen molar-refractivity contribution >= 4 is 11.9 Å². The maximum absolute atomic E-state index is 12.3. The van der Waals surface area contributed by atoms with Gasteiger partial charge in [-0.1, -0.05) is 32.0 Å². The molecule has 0 fully saturated rings. The van der Waals surface area contributed by atoms with E-state index in [0.29, 0.717) is 18.8 Å². The van der Waals surface area contributed by atoms with E-state index in [1.54, 1.807) is 20.8 Å². The van der Waals surface area contributed by atoms with Crippen molar-refractivity contribution in [3.63, 3.8) is 0 Å². The first kappa shape index (κ1) is 20.2. The average molecular weight is 334 g/mol. The Morgan fingerprint density at radius 1 is 1.08 bits per heavy atom. The van der Waals surface area contributed by atoms with Crippen molar-refractivity contribution in [3.8, 4) is 0 Å². The summed E-state index contributed by atoms with van der Waals surface area (Å²) in [5.41, 5.74) is 2.30. The van der Waals surface area contributed by atoms with E-state index in [2.05, 4.69) is 32.0 Å². The Morgan fingerprint density at radius 2 is 1.62 bits per heavy atom. The van der Waals surface area contributed by atoms with E-state index >= 15 is 0 Å². The molecule has 0 unspecified atom stereocenters. The quantitative estimate of drug-likeness (QED) is 0.528. The number of esters is 2. The lowest BCUT2D eigenvalue weighted by atomic mass is 9.83. The van der Waals surface area contributed by atoms with Crippen LogP contribution in [0.2, 0.25) is 0 Å². The third kappa shape index (κ3) is 4.83. The van der Waals surface area contributed by atoms with Crippen LogP contribution in [0.3, 0.4) is 0 Å². The Labute approximate surface area is 145 Å². The van der Waals surface area contributed by atoms with Gasteiger partial charge in [0.15, 0.2) is 5.41 Å². The molecule has 0 saturated heterocycles. The molecule has 24 heavy (non-hydrogen) atoms. The number of carbonyl (C=O) groups is 2. The van der Waals surface area contributed by atoms with Crippen molar-refractivity contribution in [1.82, 2.24) is 0 Å². The Morgan fingerprint density at radius 3 is 2.08 bits per heavy atom. The highest BCUT2D eigenvalue weighted by atomic mass is 16.6. The van der Waals surface area contributed by atoms with E-state index < -0.39 is 17.4 Å².